The zero-order valence-corrected chi connectivity index (χ0v) is 11.1. The van der Waals surface area contributed by atoms with Crippen molar-refractivity contribution in [2.75, 3.05) is 5.32 Å². The summed E-state index contributed by atoms with van der Waals surface area (Å²) in [4.78, 5) is 8.73. The fourth-order valence-corrected chi connectivity index (χ4v) is 2.15. The summed E-state index contributed by atoms with van der Waals surface area (Å²) < 4.78 is 7.05. The molecule has 0 spiro atoms. The molecular formula is C13H15N5O. The maximum absolute atomic E-state index is 5.01. The lowest BCUT2D eigenvalue weighted by Crippen LogP contribution is -2.05. The van der Waals surface area contributed by atoms with Crippen LogP contribution < -0.4 is 5.32 Å². The van der Waals surface area contributed by atoms with Gasteiger partial charge in [0.1, 0.15) is 5.76 Å². The van der Waals surface area contributed by atoms with Crippen LogP contribution in [0.25, 0.3) is 5.78 Å². The van der Waals surface area contributed by atoms with Crippen molar-refractivity contribution in [3.8, 4) is 0 Å². The van der Waals surface area contributed by atoms with Crippen LogP contribution in [0.2, 0.25) is 0 Å². The van der Waals surface area contributed by atoms with Crippen molar-refractivity contribution < 1.29 is 4.52 Å². The predicted octanol–water partition coefficient (Wildman–Crippen LogP) is 2.25. The van der Waals surface area contributed by atoms with E-state index in [1.54, 1.807) is 0 Å². The fourth-order valence-electron chi connectivity index (χ4n) is 2.15. The molecule has 0 radical (unpaired) electrons. The minimum atomic E-state index is 0.624. The largest absolute Gasteiger partial charge is 0.362 e. The lowest BCUT2D eigenvalue weighted by atomic mass is 10.3. The van der Waals surface area contributed by atoms with Crippen LogP contribution in [0.5, 0.6) is 0 Å². The number of fused-ring (bicyclic) bond motifs is 1. The SMILES string of the molecule is Cc1cc(C)n2c(CNc3cc(C)on3)cnc2n1. The van der Waals surface area contributed by atoms with E-state index in [-0.39, 0.29) is 0 Å². The van der Waals surface area contributed by atoms with Crippen molar-refractivity contribution in [3.05, 3.63) is 41.2 Å². The van der Waals surface area contributed by atoms with Gasteiger partial charge in [-0.25, -0.2) is 9.97 Å². The van der Waals surface area contributed by atoms with Crippen molar-refractivity contribution in [1.29, 1.82) is 0 Å². The average Bonchev–Trinajstić information content (AvgIpc) is 2.93. The van der Waals surface area contributed by atoms with Crippen LogP contribution >= 0.6 is 0 Å². The molecule has 3 rings (SSSR count). The summed E-state index contributed by atoms with van der Waals surface area (Å²) in [7, 11) is 0. The van der Waals surface area contributed by atoms with E-state index in [0.29, 0.717) is 6.54 Å². The van der Waals surface area contributed by atoms with Gasteiger partial charge in [-0.05, 0) is 26.8 Å². The summed E-state index contributed by atoms with van der Waals surface area (Å²) in [6, 6.07) is 3.90. The quantitative estimate of drug-likeness (QED) is 0.779. The number of aryl methyl sites for hydroxylation is 3. The molecular weight excluding hydrogens is 242 g/mol. The van der Waals surface area contributed by atoms with E-state index in [1.807, 2.05) is 43.5 Å². The Morgan fingerprint density at radius 2 is 2.11 bits per heavy atom. The lowest BCUT2D eigenvalue weighted by Gasteiger charge is -2.06. The van der Waals surface area contributed by atoms with Gasteiger partial charge >= 0.3 is 0 Å². The van der Waals surface area contributed by atoms with Crippen LogP contribution in [0.15, 0.2) is 22.9 Å². The highest BCUT2D eigenvalue weighted by Crippen LogP contribution is 2.13. The zero-order valence-electron chi connectivity index (χ0n) is 11.1. The van der Waals surface area contributed by atoms with E-state index in [1.165, 1.54) is 0 Å². The Morgan fingerprint density at radius 3 is 2.84 bits per heavy atom. The van der Waals surface area contributed by atoms with Crippen molar-refractivity contribution in [2.24, 2.45) is 0 Å². The summed E-state index contributed by atoms with van der Waals surface area (Å²) in [6.07, 6.45) is 1.83. The molecule has 19 heavy (non-hydrogen) atoms. The van der Waals surface area contributed by atoms with Gasteiger partial charge in [0.05, 0.1) is 18.4 Å². The molecule has 0 aliphatic heterocycles. The summed E-state index contributed by atoms with van der Waals surface area (Å²) >= 11 is 0. The Morgan fingerprint density at radius 1 is 1.26 bits per heavy atom. The van der Waals surface area contributed by atoms with E-state index >= 15 is 0 Å². The number of rotatable bonds is 3. The average molecular weight is 257 g/mol. The van der Waals surface area contributed by atoms with Gasteiger partial charge in [-0.15, -0.1) is 0 Å². The van der Waals surface area contributed by atoms with Gasteiger partial charge in [-0.2, -0.15) is 0 Å². The van der Waals surface area contributed by atoms with Gasteiger partial charge in [-0.1, -0.05) is 5.16 Å². The molecule has 3 heterocycles. The van der Waals surface area contributed by atoms with Gasteiger partial charge in [0, 0.05) is 17.5 Å². The molecule has 0 bridgehead atoms. The van der Waals surface area contributed by atoms with Crippen LogP contribution in [0.4, 0.5) is 5.82 Å². The molecule has 1 N–H and O–H groups in total. The van der Waals surface area contributed by atoms with Gasteiger partial charge in [0.15, 0.2) is 5.82 Å². The summed E-state index contributed by atoms with van der Waals surface area (Å²) in [6.45, 7) is 6.51. The lowest BCUT2D eigenvalue weighted by molar-refractivity contribution is 0.399. The number of hydrogen-bond acceptors (Lipinski definition) is 5. The van der Waals surface area contributed by atoms with E-state index in [2.05, 4.69) is 20.4 Å². The topological polar surface area (TPSA) is 68.2 Å². The van der Waals surface area contributed by atoms with E-state index in [0.717, 1.165) is 34.4 Å². The number of anilines is 1. The second-order valence-electron chi connectivity index (χ2n) is 4.60. The molecule has 98 valence electrons. The van der Waals surface area contributed by atoms with Crippen LogP contribution in [-0.2, 0) is 6.54 Å². The molecule has 0 aliphatic rings. The maximum Gasteiger partial charge on any atom is 0.234 e. The highest BCUT2D eigenvalue weighted by atomic mass is 16.5. The number of nitrogens with zero attached hydrogens (tertiary/aromatic N) is 4. The smallest absolute Gasteiger partial charge is 0.234 e. The Kier molecular flexibility index (Phi) is 2.70. The zero-order chi connectivity index (χ0) is 13.4. The van der Waals surface area contributed by atoms with Gasteiger partial charge in [0.25, 0.3) is 0 Å². The van der Waals surface area contributed by atoms with E-state index < -0.39 is 0 Å². The van der Waals surface area contributed by atoms with Crippen molar-refractivity contribution in [1.82, 2.24) is 19.5 Å². The molecule has 3 aromatic heterocycles. The minimum Gasteiger partial charge on any atom is -0.362 e. The first-order valence-electron chi connectivity index (χ1n) is 6.11. The first kappa shape index (κ1) is 11.7. The van der Waals surface area contributed by atoms with Crippen LogP contribution in [0.1, 0.15) is 22.8 Å². The van der Waals surface area contributed by atoms with Gasteiger partial charge in [0.2, 0.25) is 5.78 Å². The van der Waals surface area contributed by atoms with Crippen LogP contribution in [-0.4, -0.2) is 19.5 Å². The maximum atomic E-state index is 5.01. The fraction of sp³-hybridized carbons (Fsp3) is 0.308. The molecule has 0 saturated carbocycles. The molecule has 0 unspecified atom stereocenters. The molecule has 3 aromatic rings. The number of nitrogens with one attached hydrogen (secondary N) is 1. The Hall–Kier alpha value is -2.37. The third kappa shape index (κ3) is 2.16. The molecule has 0 amide bonds. The van der Waals surface area contributed by atoms with Crippen LogP contribution in [0.3, 0.4) is 0 Å². The third-order valence-electron chi connectivity index (χ3n) is 2.94. The molecule has 6 nitrogen and oxygen atoms in total. The van der Waals surface area contributed by atoms with Crippen molar-refractivity contribution in [3.63, 3.8) is 0 Å². The summed E-state index contributed by atoms with van der Waals surface area (Å²) in [5.74, 6) is 2.24. The predicted molar refractivity (Wildman–Crippen MR) is 71.0 cm³/mol. The molecule has 0 atom stereocenters. The van der Waals surface area contributed by atoms with E-state index in [4.69, 9.17) is 4.52 Å². The standard InChI is InChI=1S/C13H15N5O/c1-8-4-9(2)18-11(7-15-13(18)16-8)6-14-12-5-10(3)19-17-12/h4-5,7H,6H2,1-3H3,(H,14,17). The molecule has 0 saturated heterocycles. The molecule has 0 aliphatic carbocycles. The highest BCUT2D eigenvalue weighted by molar-refractivity contribution is 5.38. The Bertz CT molecular complexity index is 728. The first-order chi connectivity index (χ1) is 9.13. The molecule has 0 aromatic carbocycles. The molecule has 6 heteroatoms. The van der Waals surface area contributed by atoms with E-state index in [9.17, 15) is 0 Å². The molecule has 0 fully saturated rings. The normalized spacial score (nSPS) is 11.1. The number of hydrogen-bond donors (Lipinski definition) is 1. The minimum absolute atomic E-state index is 0.624. The number of aromatic nitrogens is 4. The second-order valence-corrected chi connectivity index (χ2v) is 4.60. The van der Waals surface area contributed by atoms with Crippen molar-refractivity contribution >= 4 is 11.6 Å². The highest BCUT2D eigenvalue weighted by Gasteiger charge is 2.08. The van der Waals surface area contributed by atoms with Gasteiger partial charge in [-0.3, -0.25) is 4.40 Å². The second kappa shape index (κ2) is 4.38. The Balaban J connectivity index is 1.89. The summed E-state index contributed by atoms with van der Waals surface area (Å²) in [5.41, 5.74) is 3.14. The van der Waals surface area contributed by atoms with Crippen LogP contribution in [0, 0.1) is 20.8 Å². The Labute approximate surface area is 110 Å². The monoisotopic (exact) mass is 257 g/mol. The first-order valence-corrected chi connectivity index (χ1v) is 6.11. The third-order valence-corrected chi connectivity index (χ3v) is 2.94. The number of imidazole rings is 1. The summed E-state index contributed by atoms with van der Waals surface area (Å²) in [5, 5.41) is 7.11. The van der Waals surface area contributed by atoms with Crippen molar-refractivity contribution in [2.45, 2.75) is 27.3 Å². The van der Waals surface area contributed by atoms with Gasteiger partial charge < -0.3 is 9.84 Å².